The number of piperidine rings is 1. The summed E-state index contributed by atoms with van der Waals surface area (Å²) in [6.07, 6.45) is 3.88. The molecule has 1 heterocycles. The Labute approximate surface area is 124 Å². The molecule has 1 aromatic rings. The largest absolute Gasteiger partial charge is 0.329 e. The molecule has 0 radical (unpaired) electrons. The molecule has 0 saturated carbocycles. The Morgan fingerprint density at radius 2 is 1.90 bits per heavy atom. The molecule has 1 aliphatic rings. The quantitative estimate of drug-likeness (QED) is 0.904. The van der Waals surface area contributed by atoms with E-state index in [1.54, 1.807) is 0 Å². The first-order valence-corrected chi connectivity index (χ1v) is 8.00. The highest BCUT2D eigenvalue weighted by Crippen LogP contribution is 2.37. The van der Waals surface area contributed by atoms with Crippen molar-refractivity contribution >= 4 is 0 Å². The summed E-state index contributed by atoms with van der Waals surface area (Å²) in [5.41, 5.74) is 10.8. The smallest absolute Gasteiger partial charge is 0.0473 e. The predicted molar refractivity (Wildman–Crippen MR) is 86.9 cm³/mol. The van der Waals surface area contributed by atoms with Crippen molar-refractivity contribution in [2.45, 2.75) is 53.0 Å². The van der Waals surface area contributed by atoms with Crippen LogP contribution in [0.4, 0.5) is 0 Å². The first kappa shape index (κ1) is 15.5. The SMILES string of the molecule is CCC1(C)CCN(C(CN)c2cc(C)ccc2C)CC1. The first-order chi connectivity index (χ1) is 9.49. The zero-order valence-corrected chi connectivity index (χ0v) is 13.6. The van der Waals surface area contributed by atoms with E-state index in [0.29, 0.717) is 18.0 Å². The molecule has 1 saturated heterocycles. The molecule has 0 bridgehead atoms. The second-order valence-electron chi connectivity index (χ2n) is 6.81. The van der Waals surface area contributed by atoms with Crippen molar-refractivity contribution in [2.24, 2.45) is 11.1 Å². The Morgan fingerprint density at radius 1 is 1.25 bits per heavy atom. The molecule has 20 heavy (non-hydrogen) atoms. The summed E-state index contributed by atoms with van der Waals surface area (Å²) in [6, 6.07) is 7.13. The molecule has 0 amide bonds. The number of hydrogen-bond donors (Lipinski definition) is 1. The molecule has 2 nitrogen and oxygen atoms in total. The van der Waals surface area contributed by atoms with Gasteiger partial charge in [0.25, 0.3) is 0 Å². The van der Waals surface area contributed by atoms with Gasteiger partial charge in [0.2, 0.25) is 0 Å². The van der Waals surface area contributed by atoms with E-state index in [0.717, 1.165) is 0 Å². The fourth-order valence-corrected chi connectivity index (χ4v) is 3.32. The van der Waals surface area contributed by atoms with Crippen molar-refractivity contribution in [3.63, 3.8) is 0 Å². The van der Waals surface area contributed by atoms with Crippen LogP contribution >= 0.6 is 0 Å². The van der Waals surface area contributed by atoms with E-state index >= 15 is 0 Å². The molecule has 0 aromatic heterocycles. The number of benzene rings is 1. The average molecular weight is 274 g/mol. The highest BCUT2D eigenvalue weighted by molar-refractivity contribution is 5.33. The van der Waals surface area contributed by atoms with Crippen LogP contribution in [0.15, 0.2) is 18.2 Å². The van der Waals surface area contributed by atoms with E-state index in [-0.39, 0.29) is 0 Å². The Bertz CT molecular complexity index is 445. The molecular formula is C18H30N2. The highest BCUT2D eigenvalue weighted by Gasteiger charge is 2.31. The van der Waals surface area contributed by atoms with Gasteiger partial charge >= 0.3 is 0 Å². The molecule has 1 aromatic carbocycles. The van der Waals surface area contributed by atoms with Crippen LogP contribution in [-0.2, 0) is 0 Å². The lowest BCUT2D eigenvalue weighted by Crippen LogP contribution is -2.43. The van der Waals surface area contributed by atoms with Gasteiger partial charge in [-0.15, -0.1) is 0 Å². The maximum atomic E-state index is 6.11. The second kappa shape index (κ2) is 6.28. The predicted octanol–water partition coefficient (Wildman–Crippen LogP) is 3.82. The van der Waals surface area contributed by atoms with E-state index in [4.69, 9.17) is 5.73 Å². The van der Waals surface area contributed by atoms with Gasteiger partial charge < -0.3 is 5.73 Å². The monoisotopic (exact) mass is 274 g/mol. The van der Waals surface area contributed by atoms with Crippen LogP contribution in [0, 0.1) is 19.3 Å². The third-order valence-corrected chi connectivity index (χ3v) is 5.32. The molecule has 112 valence electrons. The van der Waals surface area contributed by atoms with E-state index in [2.05, 4.69) is 50.8 Å². The number of aryl methyl sites for hydroxylation is 2. The molecular weight excluding hydrogens is 244 g/mol. The summed E-state index contributed by atoms with van der Waals surface area (Å²) in [6.45, 7) is 12.2. The van der Waals surface area contributed by atoms with Crippen LogP contribution in [0.3, 0.4) is 0 Å². The van der Waals surface area contributed by atoms with Gasteiger partial charge in [-0.3, -0.25) is 4.90 Å². The molecule has 1 fully saturated rings. The van der Waals surface area contributed by atoms with Crippen molar-refractivity contribution in [3.8, 4) is 0 Å². The minimum absolute atomic E-state index is 0.385. The first-order valence-electron chi connectivity index (χ1n) is 8.00. The summed E-state index contributed by atoms with van der Waals surface area (Å²) in [7, 11) is 0. The van der Waals surface area contributed by atoms with E-state index < -0.39 is 0 Å². The molecule has 1 aliphatic heterocycles. The normalized spacial score (nSPS) is 20.9. The topological polar surface area (TPSA) is 29.3 Å². The molecule has 1 atom stereocenters. The second-order valence-corrected chi connectivity index (χ2v) is 6.81. The molecule has 2 rings (SSSR count). The van der Waals surface area contributed by atoms with Gasteiger partial charge in [-0.1, -0.05) is 44.0 Å². The van der Waals surface area contributed by atoms with E-state index in [1.807, 2.05) is 0 Å². The Morgan fingerprint density at radius 3 is 2.45 bits per heavy atom. The van der Waals surface area contributed by atoms with E-state index in [9.17, 15) is 0 Å². The maximum absolute atomic E-state index is 6.11. The summed E-state index contributed by atoms with van der Waals surface area (Å²) >= 11 is 0. The third kappa shape index (κ3) is 3.24. The fraction of sp³-hybridized carbons (Fsp3) is 0.667. The fourth-order valence-electron chi connectivity index (χ4n) is 3.32. The van der Waals surface area contributed by atoms with Crippen LogP contribution in [-0.4, -0.2) is 24.5 Å². The molecule has 1 unspecified atom stereocenters. The van der Waals surface area contributed by atoms with Crippen LogP contribution in [0.2, 0.25) is 0 Å². The summed E-state index contributed by atoms with van der Waals surface area (Å²) in [5.74, 6) is 0. The van der Waals surface area contributed by atoms with Crippen molar-refractivity contribution in [1.82, 2.24) is 4.90 Å². The lowest BCUT2D eigenvalue weighted by molar-refractivity contribution is 0.0827. The molecule has 0 spiro atoms. The molecule has 2 heteroatoms. The summed E-state index contributed by atoms with van der Waals surface area (Å²) in [4.78, 5) is 2.60. The van der Waals surface area contributed by atoms with Gasteiger partial charge in [-0.25, -0.2) is 0 Å². The standard InChI is InChI=1S/C18H30N2/c1-5-18(4)8-10-20(11-9-18)17(13-19)16-12-14(2)6-7-15(16)3/h6-7,12,17H,5,8-11,13,19H2,1-4H3. The third-order valence-electron chi connectivity index (χ3n) is 5.32. The average Bonchev–Trinajstić information content (AvgIpc) is 2.45. The van der Waals surface area contributed by atoms with Crippen molar-refractivity contribution < 1.29 is 0 Å². The minimum atomic E-state index is 0.385. The van der Waals surface area contributed by atoms with Gasteiger partial charge in [0, 0.05) is 12.6 Å². The number of rotatable bonds is 4. The zero-order valence-electron chi connectivity index (χ0n) is 13.6. The zero-order chi connectivity index (χ0) is 14.8. The van der Waals surface area contributed by atoms with Crippen molar-refractivity contribution in [1.29, 1.82) is 0 Å². The lowest BCUT2D eigenvalue weighted by Gasteiger charge is -2.42. The Balaban J connectivity index is 2.15. The lowest BCUT2D eigenvalue weighted by atomic mass is 9.77. The van der Waals surface area contributed by atoms with Crippen molar-refractivity contribution in [3.05, 3.63) is 34.9 Å². The maximum Gasteiger partial charge on any atom is 0.0473 e. The van der Waals surface area contributed by atoms with E-state index in [1.165, 1.54) is 49.0 Å². The van der Waals surface area contributed by atoms with Gasteiger partial charge in [0.15, 0.2) is 0 Å². The number of nitrogens with two attached hydrogens (primary N) is 1. The van der Waals surface area contributed by atoms with Crippen molar-refractivity contribution in [2.75, 3.05) is 19.6 Å². The molecule has 0 aliphatic carbocycles. The summed E-state index contributed by atoms with van der Waals surface area (Å²) in [5, 5.41) is 0. The van der Waals surface area contributed by atoms with Crippen LogP contribution in [0.1, 0.15) is 55.8 Å². The van der Waals surface area contributed by atoms with Gasteiger partial charge in [0.05, 0.1) is 0 Å². The minimum Gasteiger partial charge on any atom is -0.329 e. The Hall–Kier alpha value is -0.860. The van der Waals surface area contributed by atoms with Gasteiger partial charge in [-0.05, 0) is 56.3 Å². The molecule has 2 N–H and O–H groups in total. The number of nitrogens with zero attached hydrogens (tertiary/aromatic N) is 1. The van der Waals surface area contributed by atoms with Crippen LogP contribution in [0.5, 0.6) is 0 Å². The number of likely N-dealkylation sites (tertiary alicyclic amines) is 1. The van der Waals surface area contributed by atoms with Gasteiger partial charge in [-0.2, -0.15) is 0 Å². The number of hydrogen-bond acceptors (Lipinski definition) is 2. The van der Waals surface area contributed by atoms with Crippen LogP contribution in [0.25, 0.3) is 0 Å². The van der Waals surface area contributed by atoms with Gasteiger partial charge in [0.1, 0.15) is 0 Å². The Kier molecular flexibility index (Phi) is 4.87. The van der Waals surface area contributed by atoms with Crippen LogP contribution < -0.4 is 5.73 Å². The summed E-state index contributed by atoms with van der Waals surface area (Å²) < 4.78 is 0. The highest BCUT2D eigenvalue weighted by atomic mass is 15.2.